The maximum atomic E-state index is 10.2. The number of hydrogen-bond donors (Lipinski definition) is 5. The number of carboxylic acids is 1. The van der Waals surface area contributed by atoms with Gasteiger partial charge in [0.05, 0.1) is 6.10 Å². The highest BCUT2D eigenvalue weighted by Crippen LogP contribution is 2.14. The van der Waals surface area contributed by atoms with E-state index in [9.17, 15) is 4.79 Å². The SMILES string of the molecule is O=C(O)C(S)C(O)CC(S)S. The van der Waals surface area contributed by atoms with Crippen LogP contribution in [0.3, 0.4) is 0 Å². The molecule has 0 fully saturated rings. The molecule has 3 nitrogen and oxygen atoms in total. The molecule has 0 spiro atoms. The van der Waals surface area contributed by atoms with E-state index in [2.05, 4.69) is 37.9 Å². The van der Waals surface area contributed by atoms with Crippen LogP contribution >= 0.6 is 37.9 Å². The normalized spacial score (nSPS) is 16.5. The van der Waals surface area contributed by atoms with E-state index in [4.69, 9.17) is 10.2 Å². The summed E-state index contributed by atoms with van der Waals surface area (Å²) >= 11 is 11.4. The summed E-state index contributed by atoms with van der Waals surface area (Å²) in [5.41, 5.74) is 0. The number of thiol groups is 3. The molecule has 0 bridgehead atoms. The molecular weight excluding hydrogens is 204 g/mol. The minimum Gasteiger partial charge on any atom is -0.480 e. The standard InChI is InChI=1S/C5H10O3S3/c6-2(1-3(9)10)4(11)5(7)8/h2-4,6,9-11H,1H2,(H,7,8). The third-order valence-electron chi connectivity index (χ3n) is 1.07. The molecule has 0 aliphatic rings. The molecular formula is C5H10O3S3. The van der Waals surface area contributed by atoms with Crippen molar-refractivity contribution in [1.29, 1.82) is 0 Å². The van der Waals surface area contributed by atoms with Crippen LogP contribution in [0.4, 0.5) is 0 Å². The van der Waals surface area contributed by atoms with Gasteiger partial charge in [0.15, 0.2) is 0 Å². The fraction of sp³-hybridized carbons (Fsp3) is 0.800. The zero-order chi connectivity index (χ0) is 9.02. The Morgan fingerprint density at radius 3 is 2.09 bits per heavy atom. The minimum absolute atomic E-state index is 0.201. The first kappa shape index (κ1) is 11.5. The third-order valence-corrected chi connectivity index (χ3v) is 2.06. The molecule has 11 heavy (non-hydrogen) atoms. The number of rotatable bonds is 4. The highest BCUT2D eigenvalue weighted by Gasteiger charge is 2.23. The molecule has 0 aromatic heterocycles. The Hall–Kier alpha value is 0.480. The molecule has 6 heteroatoms. The molecule has 0 saturated carbocycles. The predicted octanol–water partition coefficient (Wildman–Crippen LogP) is 0.306. The second-order valence-corrected chi connectivity index (χ2v) is 4.28. The fourth-order valence-electron chi connectivity index (χ4n) is 0.509. The van der Waals surface area contributed by atoms with Gasteiger partial charge in [-0.1, -0.05) is 0 Å². The van der Waals surface area contributed by atoms with Crippen LogP contribution in [0.2, 0.25) is 0 Å². The molecule has 0 rings (SSSR count). The fourth-order valence-corrected chi connectivity index (χ4v) is 1.06. The zero-order valence-electron chi connectivity index (χ0n) is 5.58. The largest absolute Gasteiger partial charge is 0.480 e. The van der Waals surface area contributed by atoms with Gasteiger partial charge in [0, 0.05) is 4.58 Å². The lowest BCUT2D eigenvalue weighted by molar-refractivity contribution is -0.138. The van der Waals surface area contributed by atoms with Crippen molar-refractivity contribution in [3.8, 4) is 0 Å². The third kappa shape index (κ3) is 4.84. The van der Waals surface area contributed by atoms with Gasteiger partial charge < -0.3 is 10.2 Å². The van der Waals surface area contributed by atoms with Gasteiger partial charge >= 0.3 is 5.97 Å². The van der Waals surface area contributed by atoms with Crippen LogP contribution in [0.15, 0.2) is 0 Å². The van der Waals surface area contributed by atoms with E-state index in [-0.39, 0.29) is 11.0 Å². The van der Waals surface area contributed by atoms with E-state index in [1.165, 1.54) is 0 Å². The van der Waals surface area contributed by atoms with Crippen LogP contribution in [0, 0.1) is 0 Å². The maximum Gasteiger partial charge on any atom is 0.319 e. The van der Waals surface area contributed by atoms with Crippen LogP contribution in [-0.4, -0.2) is 32.1 Å². The number of hydrogen-bond acceptors (Lipinski definition) is 5. The Morgan fingerprint density at radius 1 is 1.36 bits per heavy atom. The average Bonchev–Trinajstić information content (AvgIpc) is 1.84. The average molecular weight is 214 g/mol. The van der Waals surface area contributed by atoms with Crippen molar-refractivity contribution in [3.05, 3.63) is 0 Å². The first-order chi connectivity index (χ1) is 4.95. The topological polar surface area (TPSA) is 57.5 Å². The Balaban J connectivity index is 3.82. The molecule has 0 aromatic rings. The van der Waals surface area contributed by atoms with Gasteiger partial charge in [-0.05, 0) is 6.42 Å². The lowest BCUT2D eigenvalue weighted by Crippen LogP contribution is -2.30. The van der Waals surface area contributed by atoms with Gasteiger partial charge in [0.25, 0.3) is 0 Å². The molecule has 0 heterocycles. The van der Waals surface area contributed by atoms with Crippen molar-refractivity contribution < 1.29 is 15.0 Å². The summed E-state index contributed by atoms with van der Waals surface area (Å²) in [4.78, 5) is 10.2. The summed E-state index contributed by atoms with van der Waals surface area (Å²) in [6, 6.07) is 0. The van der Waals surface area contributed by atoms with Gasteiger partial charge in [-0.2, -0.15) is 37.9 Å². The number of carbonyl (C=O) groups is 1. The van der Waals surface area contributed by atoms with E-state index in [0.29, 0.717) is 0 Å². The molecule has 0 aromatic carbocycles. The van der Waals surface area contributed by atoms with Gasteiger partial charge in [-0.15, -0.1) is 0 Å². The summed E-state index contributed by atoms with van der Waals surface area (Å²) in [7, 11) is 0. The van der Waals surface area contributed by atoms with Gasteiger partial charge in [0.1, 0.15) is 5.25 Å². The van der Waals surface area contributed by atoms with E-state index in [1.807, 2.05) is 0 Å². The summed E-state index contributed by atoms with van der Waals surface area (Å²) < 4.78 is -0.320. The Labute approximate surface area is 81.4 Å². The molecule has 2 unspecified atom stereocenters. The van der Waals surface area contributed by atoms with Crippen molar-refractivity contribution in [2.45, 2.75) is 22.4 Å². The number of aliphatic hydroxyl groups is 1. The molecule has 0 saturated heterocycles. The number of aliphatic carboxylic acids is 1. The lowest BCUT2D eigenvalue weighted by Gasteiger charge is -2.14. The molecule has 0 amide bonds. The molecule has 0 aliphatic carbocycles. The summed E-state index contributed by atoms with van der Waals surface area (Å²) in [6.07, 6.45) is -0.803. The minimum atomic E-state index is -1.14. The first-order valence-electron chi connectivity index (χ1n) is 2.90. The quantitative estimate of drug-likeness (QED) is 0.346. The molecule has 2 atom stereocenters. The smallest absolute Gasteiger partial charge is 0.319 e. The molecule has 0 aliphatic heterocycles. The van der Waals surface area contributed by atoms with Crippen LogP contribution in [0.1, 0.15) is 6.42 Å². The van der Waals surface area contributed by atoms with Crippen LogP contribution in [-0.2, 0) is 4.79 Å². The zero-order valence-corrected chi connectivity index (χ0v) is 8.27. The Morgan fingerprint density at radius 2 is 1.82 bits per heavy atom. The monoisotopic (exact) mass is 214 g/mol. The van der Waals surface area contributed by atoms with Crippen LogP contribution < -0.4 is 0 Å². The molecule has 0 radical (unpaired) electrons. The van der Waals surface area contributed by atoms with Crippen molar-refractivity contribution in [2.24, 2.45) is 0 Å². The van der Waals surface area contributed by atoms with E-state index in [1.54, 1.807) is 0 Å². The van der Waals surface area contributed by atoms with E-state index >= 15 is 0 Å². The van der Waals surface area contributed by atoms with E-state index in [0.717, 1.165) is 0 Å². The summed E-state index contributed by atoms with van der Waals surface area (Å²) in [5.74, 6) is -1.14. The first-order valence-corrected chi connectivity index (χ1v) is 4.45. The second kappa shape index (κ2) is 5.18. The second-order valence-electron chi connectivity index (χ2n) is 2.07. The van der Waals surface area contributed by atoms with Crippen LogP contribution in [0.25, 0.3) is 0 Å². The number of carboxylic acid groups (broad SMARTS) is 1. The predicted molar refractivity (Wildman–Crippen MR) is 52.8 cm³/mol. The van der Waals surface area contributed by atoms with Gasteiger partial charge in [-0.3, -0.25) is 4.79 Å². The maximum absolute atomic E-state index is 10.2. The van der Waals surface area contributed by atoms with Crippen molar-refractivity contribution in [1.82, 2.24) is 0 Å². The summed E-state index contributed by atoms with van der Waals surface area (Å²) in [6.45, 7) is 0. The molecule has 66 valence electrons. The van der Waals surface area contributed by atoms with Crippen molar-refractivity contribution in [3.63, 3.8) is 0 Å². The molecule has 2 N–H and O–H groups in total. The van der Waals surface area contributed by atoms with Gasteiger partial charge in [-0.25, -0.2) is 0 Å². The Bertz CT molecular complexity index is 139. The van der Waals surface area contributed by atoms with Crippen molar-refractivity contribution in [2.75, 3.05) is 0 Å². The van der Waals surface area contributed by atoms with Gasteiger partial charge in [0.2, 0.25) is 0 Å². The highest BCUT2D eigenvalue weighted by atomic mass is 32.2. The van der Waals surface area contributed by atoms with Crippen molar-refractivity contribution >= 4 is 43.9 Å². The Kier molecular flexibility index (Phi) is 5.41. The number of aliphatic hydroxyl groups excluding tert-OH is 1. The summed E-state index contributed by atoms with van der Waals surface area (Å²) in [5, 5.41) is 16.4. The van der Waals surface area contributed by atoms with Crippen LogP contribution in [0.5, 0.6) is 0 Å². The highest BCUT2D eigenvalue weighted by molar-refractivity contribution is 7.99. The van der Waals surface area contributed by atoms with E-state index < -0.39 is 17.3 Å². The lowest BCUT2D eigenvalue weighted by atomic mass is 10.2.